The Morgan fingerprint density at radius 2 is 1.62 bits per heavy atom. The van der Waals surface area contributed by atoms with Crippen molar-refractivity contribution < 1.29 is 0 Å². The van der Waals surface area contributed by atoms with Gasteiger partial charge in [0.25, 0.3) is 0 Å². The van der Waals surface area contributed by atoms with E-state index in [1.54, 1.807) is 30.3 Å². The summed E-state index contributed by atoms with van der Waals surface area (Å²) in [6, 6.07) is 16.3. The second-order valence-corrected chi connectivity index (χ2v) is 6.26. The Hall–Kier alpha value is -2.25. The van der Waals surface area contributed by atoms with Crippen LogP contribution in [0.4, 0.5) is 5.82 Å². The molecule has 0 radical (unpaired) electrons. The Kier molecular flexibility index (Phi) is 4.64. The highest BCUT2D eigenvalue weighted by Gasteiger charge is 2.15. The first-order valence-electron chi connectivity index (χ1n) is 6.92. The first-order valence-corrected chi connectivity index (χ1v) is 8.05. The van der Waals surface area contributed by atoms with Crippen molar-refractivity contribution >= 4 is 40.6 Å². The fourth-order valence-electron chi connectivity index (χ4n) is 2.38. The fourth-order valence-corrected chi connectivity index (χ4v) is 2.91. The predicted octanol–water partition coefficient (Wildman–Crippen LogP) is 5.83. The molecule has 0 saturated heterocycles. The Bertz CT molecular complexity index is 978. The molecular weight excluding hydrogens is 365 g/mol. The van der Waals surface area contributed by atoms with Crippen LogP contribution in [0.3, 0.4) is 0 Å². The molecule has 3 nitrogen and oxygen atoms in total. The van der Waals surface area contributed by atoms with Gasteiger partial charge in [-0.25, -0.2) is 4.98 Å². The molecule has 0 atom stereocenters. The predicted molar refractivity (Wildman–Crippen MR) is 99.3 cm³/mol. The molecule has 24 heavy (non-hydrogen) atoms. The molecule has 0 saturated carbocycles. The molecule has 0 aliphatic heterocycles. The number of nitriles is 1. The lowest BCUT2D eigenvalue weighted by atomic mass is 9.98. The van der Waals surface area contributed by atoms with Gasteiger partial charge in [0.15, 0.2) is 0 Å². The molecule has 3 aromatic rings. The van der Waals surface area contributed by atoms with E-state index in [9.17, 15) is 5.26 Å². The maximum atomic E-state index is 9.45. The summed E-state index contributed by atoms with van der Waals surface area (Å²) in [6.07, 6.45) is 0. The summed E-state index contributed by atoms with van der Waals surface area (Å²) in [5.41, 5.74) is 8.93. The summed E-state index contributed by atoms with van der Waals surface area (Å²) >= 11 is 18.3. The van der Waals surface area contributed by atoms with Gasteiger partial charge >= 0.3 is 0 Å². The molecular formula is C18H10Cl3N3. The van der Waals surface area contributed by atoms with Gasteiger partial charge in [-0.1, -0.05) is 59.1 Å². The van der Waals surface area contributed by atoms with Crippen molar-refractivity contribution in [1.29, 1.82) is 5.26 Å². The van der Waals surface area contributed by atoms with Crippen LogP contribution in [0.1, 0.15) is 5.56 Å². The van der Waals surface area contributed by atoms with Crippen molar-refractivity contribution in [3.05, 3.63) is 69.2 Å². The van der Waals surface area contributed by atoms with Gasteiger partial charge in [0.05, 0.1) is 15.7 Å². The number of nitrogens with two attached hydrogens (primary N) is 1. The van der Waals surface area contributed by atoms with Crippen LogP contribution in [-0.2, 0) is 0 Å². The number of halogens is 3. The van der Waals surface area contributed by atoms with Crippen LogP contribution in [0.25, 0.3) is 22.4 Å². The van der Waals surface area contributed by atoms with E-state index < -0.39 is 0 Å². The highest BCUT2D eigenvalue weighted by Crippen LogP contribution is 2.35. The van der Waals surface area contributed by atoms with Gasteiger partial charge in [0.1, 0.15) is 17.5 Å². The summed E-state index contributed by atoms with van der Waals surface area (Å²) < 4.78 is 0. The van der Waals surface area contributed by atoms with Gasteiger partial charge < -0.3 is 5.73 Å². The number of rotatable bonds is 2. The second-order valence-electron chi connectivity index (χ2n) is 5.04. The SMILES string of the molecule is N#Cc1c(-c2ccc(Cl)c(Cl)c2)cc(-c2ccccc2Cl)nc1N. The maximum absolute atomic E-state index is 9.45. The molecule has 0 fully saturated rings. The molecule has 1 aromatic heterocycles. The molecule has 2 N–H and O–H groups in total. The van der Waals surface area contributed by atoms with Gasteiger partial charge in [-0.05, 0) is 29.8 Å². The number of nitrogen functional groups attached to an aromatic ring is 1. The Morgan fingerprint density at radius 1 is 0.875 bits per heavy atom. The van der Waals surface area contributed by atoms with Crippen LogP contribution in [0, 0.1) is 11.3 Å². The van der Waals surface area contributed by atoms with E-state index in [1.807, 2.05) is 18.2 Å². The third-order valence-electron chi connectivity index (χ3n) is 3.54. The summed E-state index contributed by atoms with van der Waals surface area (Å²) in [5, 5.41) is 10.8. The molecule has 3 rings (SSSR count). The highest BCUT2D eigenvalue weighted by atomic mass is 35.5. The monoisotopic (exact) mass is 373 g/mol. The molecule has 0 bridgehead atoms. The molecule has 2 aromatic carbocycles. The van der Waals surface area contributed by atoms with Gasteiger partial charge in [-0.15, -0.1) is 0 Å². The van der Waals surface area contributed by atoms with Crippen molar-refractivity contribution in [2.45, 2.75) is 0 Å². The van der Waals surface area contributed by atoms with E-state index >= 15 is 0 Å². The zero-order valence-electron chi connectivity index (χ0n) is 12.2. The first-order chi connectivity index (χ1) is 11.5. The van der Waals surface area contributed by atoms with Crippen LogP contribution in [0.5, 0.6) is 0 Å². The zero-order chi connectivity index (χ0) is 17.3. The molecule has 0 aliphatic carbocycles. The normalized spacial score (nSPS) is 10.4. The minimum absolute atomic E-state index is 0.135. The molecule has 0 unspecified atom stereocenters. The van der Waals surface area contributed by atoms with Crippen LogP contribution in [0.15, 0.2) is 48.5 Å². The average molecular weight is 375 g/mol. The maximum Gasteiger partial charge on any atom is 0.142 e. The summed E-state index contributed by atoms with van der Waals surface area (Å²) in [4.78, 5) is 4.31. The number of anilines is 1. The third kappa shape index (κ3) is 3.05. The lowest BCUT2D eigenvalue weighted by Crippen LogP contribution is -2.00. The molecule has 118 valence electrons. The molecule has 6 heteroatoms. The standard InChI is InChI=1S/C18H10Cl3N3/c19-14-4-2-1-3-11(14)17-8-12(13(9-22)18(23)24-17)10-5-6-15(20)16(21)7-10/h1-8H,(H2,23,24). The number of benzene rings is 2. The minimum atomic E-state index is 0.135. The number of hydrogen-bond acceptors (Lipinski definition) is 3. The Labute approximate surface area is 154 Å². The van der Waals surface area contributed by atoms with Crippen LogP contribution in [-0.4, -0.2) is 4.98 Å². The van der Waals surface area contributed by atoms with E-state index in [4.69, 9.17) is 40.5 Å². The molecule has 0 aliphatic rings. The van der Waals surface area contributed by atoms with E-state index in [2.05, 4.69) is 11.1 Å². The number of pyridine rings is 1. The topological polar surface area (TPSA) is 62.7 Å². The highest BCUT2D eigenvalue weighted by molar-refractivity contribution is 6.42. The summed E-state index contributed by atoms with van der Waals surface area (Å²) in [7, 11) is 0. The van der Waals surface area contributed by atoms with Crippen molar-refractivity contribution in [2.24, 2.45) is 0 Å². The van der Waals surface area contributed by atoms with Gasteiger partial charge in [-0.3, -0.25) is 0 Å². The zero-order valence-corrected chi connectivity index (χ0v) is 14.5. The van der Waals surface area contributed by atoms with Crippen LogP contribution < -0.4 is 5.73 Å². The number of aromatic nitrogens is 1. The van der Waals surface area contributed by atoms with Gasteiger partial charge in [-0.2, -0.15) is 5.26 Å². The third-order valence-corrected chi connectivity index (χ3v) is 4.61. The van der Waals surface area contributed by atoms with E-state index in [1.165, 1.54) is 0 Å². The Balaban J connectivity index is 2.27. The van der Waals surface area contributed by atoms with E-state index in [-0.39, 0.29) is 11.4 Å². The van der Waals surface area contributed by atoms with Gasteiger partial charge in [0, 0.05) is 16.1 Å². The van der Waals surface area contributed by atoms with Crippen molar-refractivity contribution in [3.63, 3.8) is 0 Å². The number of nitrogens with zero attached hydrogens (tertiary/aromatic N) is 2. The quantitative estimate of drug-likeness (QED) is 0.614. The minimum Gasteiger partial charge on any atom is -0.383 e. The van der Waals surface area contributed by atoms with Crippen molar-refractivity contribution in [2.75, 3.05) is 5.73 Å². The van der Waals surface area contributed by atoms with Crippen LogP contribution >= 0.6 is 34.8 Å². The summed E-state index contributed by atoms with van der Waals surface area (Å²) in [5.74, 6) is 0.135. The largest absolute Gasteiger partial charge is 0.383 e. The average Bonchev–Trinajstić information content (AvgIpc) is 2.57. The van der Waals surface area contributed by atoms with E-state index in [0.29, 0.717) is 26.3 Å². The van der Waals surface area contributed by atoms with Crippen molar-refractivity contribution in [3.8, 4) is 28.5 Å². The number of hydrogen-bond donors (Lipinski definition) is 1. The molecule has 1 heterocycles. The smallest absolute Gasteiger partial charge is 0.142 e. The Morgan fingerprint density at radius 3 is 2.29 bits per heavy atom. The van der Waals surface area contributed by atoms with Gasteiger partial charge in [0.2, 0.25) is 0 Å². The fraction of sp³-hybridized carbons (Fsp3) is 0. The summed E-state index contributed by atoms with van der Waals surface area (Å²) in [6.45, 7) is 0. The first kappa shape index (κ1) is 16.6. The van der Waals surface area contributed by atoms with E-state index in [0.717, 1.165) is 11.1 Å². The lowest BCUT2D eigenvalue weighted by Gasteiger charge is -2.11. The lowest BCUT2D eigenvalue weighted by molar-refractivity contribution is 1.31. The second kappa shape index (κ2) is 6.70. The molecule has 0 spiro atoms. The van der Waals surface area contributed by atoms with Crippen molar-refractivity contribution in [1.82, 2.24) is 4.98 Å². The molecule has 0 amide bonds. The van der Waals surface area contributed by atoms with Crippen LogP contribution in [0.2, 0.25) is 15.1 Å².